The van der Waals surface area contributed by atoms with E-state index in [1.165, 1.54) is 0 Å². The van der Waals surface area contributed by atoms with Crippen LogP contribution in [0.1, 0.15) is 5.69 Å². The Morgan fingerprint density at radius 3 is 3.00 bits per heavy atom. The average Bonchev–Trinajstić information content (AvgIpc) is 2.67. The highest BCUT2D eigenvalue weighted by molar-refractivity contribution is 14.1. The van der Waals surface area contributed by atoms with Crippen molar-refractivity contribution in [3.8, 4) is 0 Å². The number of hydrogen-bond donors (Lipinski definition) is 0. The monoisotopic (exact) mass is 286 g/mol. The molecule has 2 heterocycles. The van der Waals surface area contributed by atoms with Gasteiger partial charge in [-0.2, -0.15) is 0 Å². The van der Waals surface area contributed by atoms with Crippen LogP contribution in [0.3, 0.4) is 0 Å². The lowest BCUT2D eigenvalue weighted by Crippen LogP contribution is -2.02. The second-order valence-corrected chi connectivity index (χ2v) is 3.14. The number of aromatic nitrogens is 1. The molecule has 1 aromatic rings. The van der Waals surface area contributed by atoms with E-state index in [2.05, 4.69) is 32.6 Å². The van der Waals surface area contributed by atoms with Gasteiger partial charge >= 0.3 is 0 Å². The Bertz CT molecular complexity index is 359. The van der Waals surface area contributed by atoms with Crippen LogP contribution in [0.4, 0.5) is 0 Å². The van der Waals surface area contributed by atoms with Crippen molar-refractivity contribution in [2.45, 2.75) is 0 Å². The molecule has 0 aromatic carbocycles. The first-order chi connectivity index (χ1) is 6.40. The number of hydrogen-bond acceptors (Lipinski definition) is 3. The average molecular weight is 286 g/mol. The molecule has 1 aliphatic rings. The lowest BCUT2D eigenvalue weighted by atomic mass is 10.3. The van der Waals surface area contributed by atoms with Gasteiger partial charge in [0.15, 0.2) is 0 Å². The SMILES string of the molecule is I/C=C1/CN=C(c2ccccn2)O1. The van der Waals surface area contributed by atoms with E-state index in [4.69, 9.17) is 4.74 Å². The van der Waals surface area contributed by atoms with E-state index in [0.29, 0.717) is 12.4 Å². The fraction of sp³-hybridized carbons (Fsp3) is 0.111. The molecule has 13 heavy (non-hydrogen) atoms. The highest BCUT2D eigenvalue weighted by Gasteiger charge is 2.14. The zero-order valence-electron chi connectivity index (χ0n) is 6.77. The zero-order valence-corrected chi connectivity index (χ0v) is 8.93. The molecule has 0 unspecified atom stereocenters. The Balaban J connectivity index is 2.22. The minimum atomic E-state index is 0.614. The van der Waals surface area contributed by atoms with Gasteiger partial charge < -0.3 is 4.74 Å². The van der Waals surface area contributed by atoms with Gasteiger partial charge in [0.05, 0.1) is 0 Å². The third-order valence-corrected chi connectivity index (χ3v) is 2.31. The van der Waals surface area contributed by atoms with Crippen LogP contribution < -0.4 is 0 Å². The van der Waals surface area contributed by atoms with Crippen molar-refractivity contribution in [2.75, 3.05) is 6.54 Å². The Hall–Kier alpha value is -0.910. The van der Waals surface area contributed by atoms with Crippen molar-refractivity contribution in [3.05, 3.63) is 39.9 Å². The summed E-state index contributed by atoms with van der Waals surface area (Å²) in [6.07, 6.45) is 1.73. The van der Waals surface area contributed by atoms with Crippen molar-refractivity contribution in [1.29, 1.82) is 0 Å². The van der Waals surface area contributed by atoms with Crippen LogP contribution in [0.2, 0.25) is 0 Å². The first-order valence-electron chi connectivity index (χ1n) is 3.83. The topological polar surface area (TPSA) is 34.5 Å². The maximum absolute atomic E-state index is 5.44. The van der Waals surface area contributed by atoms with Gasteiger partial charge in [-0.15, -0.1) is 0 Å². The summed E-state index contributed by atoms with van der Waals surface area (Å²) < 4.78 is 7.32. The lowest BCUT2D eigenvalue weighted by Gasteiger charge is -1.99. The summed E-state index contributed by atoms with van der Waals surface area (Å²) in [6.45, 7) is 0.620. The molecule has 3 nitrogen and oxygen atoms in total. The van der Waals surface area contributed by atoms with Gasteiger partial charge in [-0.25, -0.2) is 4.99 Å². The molecule has 0 saturated carbocycles. The Morgan fingerprint density at radius 1 is 1.46 bits per heavy atom. The van der Waals surface area contributed by atoms with Crippen molar-refractivity contribution >= 4 is 28.5 Å². The van der Waals surface area contributed by atoms with Crippen LogP contribution in [0.15, 0.2) is 39.2 Å². The number of aliphatic imine (C=N–C) groups is 1. The number of halogens is 1. The van der Waals surface area contributed by atoms with Gasteiger partial charge in [-0.1, -0.05) is 6.07 Å². The Kier molecular flexibility index (Phi) is 2.58. The van der Waals surface area contributed by atoms with E-state index < -0.39 is 0 Å². The summed E-state index contributed by atoms with van der Waals surface area (Å²) in [6, 6.07) is 5.67. The highest BCUT2D eigenvalue weighted by Crippen LogP contribution is 2.14. The van der Waals surface area contributed by atoms with Gasteiger partial charge in [-0.05, 0) is 34.7 Å². The minimum absolute atomic E-state index is 0.614. The molecule has 0 fully saturated rings. The zero-order chi connectivity index (χ0) is 9.10. The predicted octanol–water partition coefficient (Wildman–Crippen LogP) is 2.13. The normalized spacial score (nSPS) is 18.5. The molecule has 0 amide bonds. The van der Waals surface area contributed by atoms with E-state index in [0.717, 1.165) is 11.5 Å². The molecule has 0 aliphatic carbocycles. The molecule has 66 valence electrons. The van der Waals surface area contributed by atoms with Crippen molar-refractivity contribution < 1.29 is 4.74 Å². The fourth-order valence-corrected chi connectivity index (χ4v) is 1.34. The smallest absolute Gasteiger partial charge is 0.240 e. The maximum atomic E-state index is 5.44. The summed E-state index contributed by atoms with van der Waals surface area (Å²) in [5.74, 6) is 1.49. The van der Waals surface area contributed by atoms with E-state index >= 15 is 0 Å². The van der Waals surface area contributed by atoms with Crippen LogP contribution in [-0.4, -0.2) is 17.4 Å². The Morgan fingerprint density at radius 2 is 2.38 bits per heavy atom. The van der Waals surface area contributed by atoms with Crippen LogP contribution in [0, 0.1) is 0 Å². The van der Waals surface area contributed by atoms with Crippen molar-refractivity contribution in [1.82, 2.24) is 4.98 Å². The minimum Gasteiger partial charge on any atom is -0.439 e. The third kappa shape index (κ3) is 1.88. The van der Waals surface area contributed by atoms with E-state index in [1.807, 2.05) is 22.3 Å². The van der Waals surface area contributed by atoms with E-state index in [-0.39, 0.29) is 0 Å². The highest BCUT2D eigenvalue weighted by atomic mass is 127. The van der Waals surface area contributed by atoms with Crippen LogP contribution >= 0.6 is 22.6 Å². The first kappa shape index (κ1) is 8.68. The van der Waals surface area contributed by atoms with E-state index in [9.17, 15) is 0 Å². The van der Waals surface area contributed by atoms with Gasteiger partial charge in [0.2, 0.25) is 5.90 Å². The van der Waals surface area contributed by atoms with Gasteiger partial charge in [0, 0.05) is 10.3 Å². The summed E-state index contributed by atoms with van der Waals surface area (Å²) in [7, 11) is 0. The molecule has 1 aromatic heterocycles. The summed E-state index contributed by atoms with van der Waals surface area (Å²) >= 11 is 2.14. The number of nitrogens with zero attached hydrogens (tertiary/aromatic N) is 2. The lowest BCUT2D eigenvalue weighted by molar-refractivity contribution is 0.440. The Labute approximate surface area is 89.7 Å². The van der Waals surface area contributed by atoms with Gasteiger partial charge in [-0.3, -0.25) is 4.98 Å². The quantitative estimate of drug-likeness (QED) is 0.741. The molecule has 1 aliphatic heterocycles. The fourth-order valence-electron chi connectivity index (χ4n) is 1.02. The largest absolute Gasteiger partial charge is 0.439 e. The van der Waals surface area contributed by atoms with E-state index in [1.54, 1.807) is 6.20 Å². The van der Waals surface area contributed by atoms with Crippen LogP contribution in [0.5, 0.6) is 0 Å². The molecule has 0 atom stereocenters. The van der Waals surface area contributed by atoms with Crippen LogP contribution in [-0.2, 0) is 4.74 Å². The number of ether oxygens (including phenoxy) is 1. The van der Waals surface area contributed by atoms with Gasteiger partial charge in [0.1, 0.15) is 18.0 Å². The molecule has 2 rings (SSSR count). The predicted molar refractivity (Wildman–Crippen MR) is 58.8 cm³/mol. The molecule has 0 radical (unpaired) electrons. The standard InChI is InChI=1S/C9H7IN2O/c10-5-7-6-12-9(13-7)8-3-1-2-4-11-8/h1-5H,6H2/b7-5-. The molecule has 0 spiro atoms. The van der Waals surface area contributed by atoms with Crippen molar-refractivity contribution in [2.24, 2.45) is 4.99 Å². The number of rotatable bonds is 1. The molecular formula is C9H7IN2O. The first-order valence-corrected chi connectivity index (χ1v) is 5.07. The molecule has 0 bridgehead atoms. The molecule has 0 N–H and O–H groups in total. The second-order valence-electron chi connectivity index (χ2n) is 2.51. The third-order valence-electron chi connectivity index (χ3n) is 1.61. The second kappa shape index (κ2) is 3.87. The maximum Gasteiger partial charge on any atom is 0.240 e. The number of pyridine rings is 1. The summed E-state index contributed by atoms with van der Waals surface area (Å²) in [4.78, 5) is 8.36. The van der Waals surface area contributed by atoms with Crippen LogP contribution in [0.25, 0.3) is 0 Å². The summed E-state index contributed by atoms with van der Waals surface area (Å²) in [5.41, 5.74) is 0.788. The molecule has 0 saturated heterocycles. The molecule has 4 heteroatoms. The van der Waals surface area contributed by atoms with Gasteiger partial charge in [0.25, 0.3) is 0 Å². The molecular weight excluding hydrogens is 279 g/mol. The van der Waals surface area contributed by atoms with Crippen molar-refractivity contribution in [3.63, 3.8) is 0 Å². The summed E-state index contributed by atoms with van der Waals surface area (Å²) in [5, 5.41) is 0.